The fraction of sp³-hybridized carbons (Fsp3) is 0.500. The van der Waals surface area contributed by atoms with Gasteiger partial charge in [0.15, 0.2) is 11.6 Å². The highest BCUT2D eigenvalue weighted by molar-refractivity contribution is 5.89. The van der Waals surface area contributed by atoms with Gasteiger partial charge in [-0.2, -0.15) is 0 Å². The fourth-order valence-electron chi connectivity index (χ4n) is 3.45. The molecule has 1 aromatic carbocycles. The van der Waals surface area contributed by atoms with Gasteiger partial charge in [0.05, 0.1) is 13.1 Å². The molecule has 0 saturated carbocycles. The van der Waals surface area contributed by atoms with Gasteiger partial charge < -0.3 is 10.6 Å². The molecular weight excluding hydrogens is 413 g/mol. The van der Waals surface area contributed by atoms with E-state index in [9.17, 15) is 27.6 Å². The van der Waals surface area contributed by atoms with E-state index in [2.05, 4.69) is 0 Å². The SMILES string of the molecule is Cl.N[C@@H](CC(=O)N1CCN2C(=O)CCC(=O)N2CC1)Cc1cc(F)c(F)cc1F. The van der Waals surface area contributed by atoms with Crippen LogP contribution in [0.25, 0.3) is 0 Å². The highest BCUT2D eigenvalue weighted by Gasteiger charge is 2.34. The molecule has 3 amide bonds. The zero-order chi connectivity index (χ0) is 20.4. The molecule has 7 nitrogen and oxygen atoms in total. The van der Waals surface area contributed by atoms with Crippen molar-refractivity contribution in [2.45, 2.75) is 31.7 Å². The monoisotopic (exact) mass is 434 g/mol. The van der Waals surface area contributed by atoms with Gasteiger partial charge in [0.2, 0.25) is 17.7 Å². The van der Waals surface area contributed by atoms with Crippen molar-refractivity contribution in [2.24, 2.45) is 5.73 Å². The number of hydrazine groups is 1. The van der Waals surface area contributed by atoms with Gasteiger partial charge in [-0.1, -0.05) is 0 Å². The van der Waals surface area contributed by atoms with Gasteiger partial charge in [-0.3, -0.25) is 14.4 Å². The minimum absolute atomic E-state index is 0. The lowest BCUT2D eigenvalue weighted by atomic mass is 10.0. The van der Waals surface area contributed by atoms with E-state index in [1.54, 1.807) is 0 Å². The van der Waals surface area contributed by atoms with Gasteiger partial charge in [0.25, 0.3) is 0 Å². The summed E-state index contributed by atoms with van der Waals surface area (Å²) in [5.41, 5.74) is 5.81. The predicted molar refractivity (Wildman–Crippen MR) is 99.1 cm³/mol. The van der Waals surface area contributed by atoms with Crippen LogP contribution in [0.3, 0.4) is 0 Å². The Labute approximate surface area is 172 Å². The third-order valence-electron chi connectivity index (χ3n) is 4.94. The zero-order valence-electron chi connectivity index (χ0n) is 15.6. The first-order chi connectivity index (χ1) is 13.3. The molecule has 29 heavy (non-hydrogen) atoms. The van der Waals surface area contributed by atoms with Gasteiger partial charge >= 0.3 is 0 Å². The van der Waals surface area contributed by atoms with Crippen molar-refractivity contribution >= 4 is 30.1 Å². The molecule has 0 bridgehead atoms. The first kappa shape index (κ1) is 23.0. The largest absolute Gasteiger partial charge is 0.339 e. The van der Waals surface area contributed by atoms with Crippen LogP contribution in [-0.2, 0) is 20.8 Å². The molecular formula is C18H22ClF3N4O3. The Morgan fingerprint density at radius 1 is 0.931 bits per heavy atom. The summed E-state index contributed by atoms with van der Waals surface area (Å²) in [4.78, 5) is 38.0. The number of rotatable bonds is 4. The average Bonchev–Trinajstić information content (AvgIpc) is 2.87. The van der Waals surface area contributed by atoms with Crippen molar-refractivity contribution in [2.75, 3.05) is 26.2 Å². The van der Waals surface area contributed by atoms with Gasteiger partial charge in [-0.05, 0) is 18.1 Å². The molecule has 3 rings (SSSR count). The first-order valence-corrected chi connectivity index (χ1v) is 9.03. The Hall–Kier alpha value is -2.33. The normalized spacial score (nSPS) is 18.1. The summed E-state index contributed by atoms with van der Waals surface area (Å²) < 4.78 is 40.0. The van der Waals surface area contributed by atoms with Crippen LogP contribution in [0.15, 0.2) is 12.1 Å². The summed E-state index contributed by atoms with van der Waals surface area (Å²) in [5.74, 6) is -4.00. The van der Waals surface area contributed by atoms with Crippen molar-refractivity contribution in [1.82, 2.24) is 14.9 Å². The van der Waals surface area contributed by atoms with Crippen molar-refractivity contribution in [3.8, 4) is 0 Å². The Kier molecular flexibility index (Phi) is 7.48. The Morgan fingerprint density at radius 3 is 2.00 bits per heavy atom. The molecule has 2 aliphatic rings. The number of benzene rings is 1. The standard InChI is InChI=1S/C18H21F3N4O3.ClH/c19-13-10-15(21)14(20)8-11(13)7-12(22)9-18(28)23-3-5-24-16(26)1-2-17(27)25(24)6-4-23;/h8,10,12H,1-7,9,22H2;1H/t12-;/m1./s1. The van der Waals surface area contributed by atoms with Crippen LogP contribution >= 0.6 is 12.4 Å². The third kappa shape index (κ3) is 5.18. The minimum Gasteiger partial charge on any atom is -0.339 e. The van der Waals surface area contributed by atoms with Gasteiger partial charge in [0, 0.05) is 44.5 Å². The van der Waals surface area contributed by atoms with Crippen molar-refractivity contribution in [3.63, 3.8) is 0 Å². The lowest BCUT2D eigenvalue weighted by Gasteiger charge is -2.36. The predicted octanol–water partition coefficient (Wildman–Crippen LogP) is 0.994. The van der Waals surface area contributed by atoms with E-state index in [1.807, 2.05) is 0 Å². The first-order valence-electron chi connectivity index (χ1n) is 9.03. The molecule has 1 aromatic rings. The van der Waals surface area contributed by atoms with E-state index in [1.165, 1.54) is 14.9 Å². The molecule has 0 aliphatic carbocycles. The van der Waals surface area contributed by atoms with Gasteiger partial charge in [0.1, 0.15) is 5.82 Å². The molecule has 2 saturated heterocycles. The van der Waals surface area contributed by atoms with E-state index in [0.717, 1.165) is 6.07 Å². The lowest BCUT2D eigenvalue weighted by molar-refractivity contribution is -0.169. The summed E-state index contributed by atoms with van der Waals surface area (Å²) in [5, 5.41) is 2.74. The molecule has 1 atom stereocenters. The van der Waals surface area contributed by atoms with E-state index in [0.29, 0.717) is 6.07 Å². The van der Waals surface area contributed by atoms with Crippen LogP contribution in [0.5, 0.6) is 0 Å². The number of amides is 3. The number of halogens is 4. The molecule has 0 radical (unpaired) electrons. The molecule has 11 heteroatoms. The van der Waals surface area contributed by atoms with Crippen LogP contribution < -0.4 is 5.73 Å². The number of carbonyl (C=O) groups excluding carboxylic acids is 3. The van der Waals surface area contributed by atoms with Crippen LogP contribution in [0.1, 0.15) is 24.8 Å². The lowest BCUT2D eigenvalue weighted by Crippen LogP contribution is -2.53. The van der Waals surface area contributed by atoms with Gasteiger partial charge in [-0.15, -0.1) is 12.4 Å². The fourth-order valence-corrected chi connectivity index (χ4v) is 3.45. The molecule has 2 heterocycles. The number of carbonyl (C=O) groups is 3. The second-order valence-corrected chi connectivity index (χ2v) is 6.94. The minimum atomic E-state index is -1.29. The zero-order valence-corrected chi connectivity index (χ0v) is 16.4. The number of nitrogens with zero attached hydrogens (tertiary/aromatic N) is 3. The van der Waals surface area contributed by atoms with Crippen LogP contribution in [0, 0.1) is 17.5 Å². The highest BCUT2D eigenvalue weighted by Crippen LogP contribution is 2.18. The van der Waals surface area contributed by atoms with Crippen LogP contribution in [-0.4, -0.2) is 64.9 Å². The summed E-state index contributed by atoms with van der Waals surface area (Å²) in [6, 6.07) is 0.400. The second kappa shape index (κ2) is 9.45. The molecule has 2 N–H and O–H groups in total. The average molecular weight is 435 g/mol. The van der Waals surface area contributed by atoms with Crippen molar-refractivity contribution in [1.29, 1.82) is 0 Å². The van der Waals surface area contributed by atoms with Crippen LogP contribution in [0.4, 0.5) is 13.2 Å². The molecule has 0 unspecified atom stereocenters. The molecule has 0 aromatic heterocycles. The molecule has 0 spiro atoms. The maximum absolute atomic E-state index is 13.7. The van der Waals surface area contributed by atoms with E-state index in [-0.39, 0.29) is 87.6 Å². The summed E-state index contributed by atoms with van der Waals surface area (Å²) in [6.45, 7) is 0.925. The number of hydrogen-bond acceptors (Lipinski definition) is 4. The Balaban J connectivity index is 0.00000300. The number of nitrogens with two attached hydrogens (primary N) is 1. The maximum Gasteiger partial charge on any atom is 0.241 e. The summed E-state index contributed by atoms with van der Waals surface area (Å²) in [6.07, 6.45) is 0.0695. The summed E-state index contributed by atoms with van der Waals surface area (Å²) in [7, 11) is 0. The van der Waals surface area contributed by atoms with Crippen molar-refractivity contribution < 1.29 is 27.6 Å². The second-order valence-electron chi connectivity index (χ2n) is 6.94. The van der Waals surface area contributed by atoms with Gasteiger partial charge in [-0.25, -0.2) is 23.2 Å². The van der Waals surface area contributed by atoms with Crippen molar-refractivity contribution in [3.05, 3.63) is 35.1 Å². The summed E-state index contributed by atoms with van der Waals surface area (Å²) >= 11 is 0. The maximum atomic E-state index is 13.7. The molecule has 160 valence electrons. The molecule has 2 fully saturated rings. The quantitative estimate of drug-likeness (QED) is 0.716. The van der Waals surface area contributed by atoms with E-state index >= 15 is 0 Å². The van der Waals surface area contributed by atoms with Crippen LogP contribution in [0.2, 0.25) is 0 Å². The van der Waals surface area contributed by atoms with E-state index < -0.39 is 23.5 Å². The third-order valence-corrected chi connectivity index (χ3v) is 4.94. The topological polar surface area (TPSA) is 87.0 Å². The smallest absolute Gasteiger partial charge is 0.241 e. The molecule has 2 aliphatic heterocycles. The van der Waals surface area contributed by atoms with E-state index in [4.69, 9.17) is 5.73 Å². The number of fused-ring (bicyclic) bond motifs is 1. The number of hydrogen-bond donors (Lipinski definition) is 1. The Bertz CT molecular complexity index is 785. The highest BCUT2D eigenvalue weighted by atomic mass is 35.5. The Morgan fingerprint density at radius 2 is 1.45 bits per heavy atom.